The van der Waals surface area contributed by atoms with Gasteiger partial charge in [-0.2, -0.15) is 4.37 Å². The van der Waals surface area contributed by atoms with Crippen LogP contribution in [0.4, 0.5) is 0 Å². The number of thioether (sulfide) groups is 2. The smallest absolute Gasteiger partial charge is 0.201 e. The molecule has 2 nitrogen and oxygen atoms in total. The summed E-state index contributed by atoms with van der Waals surface area (Å²) in [5.74, 6) is 0. The molecule has 0 aliphatic rings. The molecule has 0 amide bonds. The summed E-state index contributed by atoms with van der Waals surface area (Å²) in [5, 5.41) is 0.929. The molecule has 1 aromatic heterocycles. The summed E-state index contributed by atoms with van der Waals surface area (Å²) < 4.78 is 6.01. The average Bonchev–Trinajstić information content (AvgIpc) is 2.54. The first-order valence-corrected chi connectivity index (χ1v) is 10.7. The van der Waals surface area contributed by atoms with E-state index in [0.29, 0.717) is 10.8 Å². The van der Waals surface area contributed by atoms with Crippen molar-refractivity contribution in [3.05, 3.63) is 0 Å². The monoisotopic (exact) mass is 374 g/mol. The standard InChI is InChI=1S/C18H34N2S3/c1-15(2,3)11-17(7,8)21-13-19-14(23-20-13)22-18(9,10)12-16(4,5)6/h11-12H2,1-10H3. The maximum atomic E-state index is 4.77. The maximum absolute atomic E-state index is 4.77. The second-order valence-corrected chi connectivity index (χ2v) is 14.4. The van der Waals surface area contributed by atoms with E-state index in [1.165, 1.54) is 0 Å². The summed E-state index contributed by atoms with van der Waals surface area (Å²) in [6.07, 6.45) is 2.30. The number of hydrogen-bond acceptors (Lipinski definition) is 5. The lowest BCUT2D eigenvalue weighted by Crippen LogP contribution is -2.23. The van der Waals surface area contributed by atoms with Crippen LogP contribution in [0.5, 0.6) is 0 Å². The van der Waals surface area contributed by atoms with Crippen LogP contribution in [0.15, 0.2) is 9.50 Å². The minimum absolute atomic E-state index is 0.155. The Morgan fingerprint density at radius 3 is 1.61 bits per heavy atom. The molecule has 134 valence electrons. The van der Waals surface area contributed by atoms with Gasteiger partial charge in [0.05, 0.1) is 0 Å². The van der Waals surface area contributed by atoms with Crippen LogP contribution in [0.3, 0.4) is 0 Å². The SMILES string of the molecule is CC(C)(C)CC(C)(C)Sc1nsc(SC(C)(C)CC(C)(C)C)n1. The molecular formula is C18H34N2S3. The summed E-state index contributed by atoms with van der Waals surface area (Å²) in [5.41, 5.74) is 0.645. The van der Waals surface area contributed by atoms with Crippen LogP contribution in [0.1, 0.15) is 82.1 Å². The Hall–Kier alpha value is 0.260. The molecule has 5 heteroatoms. The number of rotatable bonds is 6. The fourth-order valence-electron chi connectivity index (χ4n) is 3.39. The second-order valence-electron chi connectivity index (χ2n) is 10.0. The van der Waals surface area contributed by atoms with Crippen molar-refractivity contribution < 1.29 is 0 Å². The van der Waals surface area contributed by atoms with Crippen LogP contribution in [0, 0.1) is 10.8 Å². The van der Waals surface area contributed by atoms with Gasteiger partial charge in [0.1, 0.15) is 0 Å². The third-order valence-corrected chi connectivity index (χ3v) is 6.16. The van der Waals surface area contributed by atoms with Gasteiger partial charge in [-0.1, -0.05) is 92.8 Å². The van der Waals surface area contributed by atoms with E-state index in [2.05, 4.69) is 73.6 Å². The van der Waals surface area contributed by atoms with Gasteiger partial charge >= 0.3 is 0 Å². The molecule has 0 bridgehead atoms. The Labute approximate surface area is 156 Å². The lowest BCUT2D eigenvalue weighted by molar-refractivity contribution is 0.339. The highest BCUT2D eigenvalue weighted by molar-refractivity contribution is 8.02. The molecule has 0 spiro atoms. The van der Waals surface area contributed by atoms with E-state index >= 15 is 0 Å². The summed E-state index contributed by atoms with van der Waals surface area (Å²) in [6, 6.07) is 0. The summed E-state index contributed by atoms with van der Waals surface area (Å²) >= 11 is 5.21. The molecule has 0 aliphatic carbocycles. The molecule has 23 heavy (non-hydrogen) atoms. The second kappa shape index (κ2) is 7.25. The summed E-state index contributed by atoms with van der Waals surface area (Å²) in [7, 11) is 0. The van der Waals surface area contributed by atoms with Crippen molar-refractivity contribution in [3.8, 4) is 0 Å². The number of nitrogens with zero attached hydrogens (tertiary/aromatic N) is 2. The molecule has 0 radical (unpaired) electrons. The van der Waals surface area contributed by atoms with Crippen LogP contribution < -0.4 is 0 Å². The molecule has 0 aromatic carbocycles. The summed E-state index contributed by atoms with van der Waals surface area (Å²) in [4.78, 5) is 4.77. The van der Waals surface area contributed by atoms with Crippen molar-refractivity contribution >= 4 is 35.1 Å². The third-order valence-electron chi connectivity index (χ3n) is 3.03. The lowest BCUT2D eigenvalue weighted by atomic mass is 9.86. The zero-order valence-electron chi connectivity index (χ0n) is 16.5. The van der Waals surface area contributed by atoms with Crippen LogP contribution in [0.2, 0.25) is 0 Å². The molecule has 0 saturated heterocycles. The van der Waals surface area contributed by atoms with Gasteiger partial charge in [-0.3, -0.25) is 0 Å². The van der Waals surface area contributed by atoms with Gasteiger partial charge in [-0.15, -0.1) is 0 Å². The van der Waals surface area contributed by atoms with Crippen LogP contribution >= 0.6 is 35.1 Å². The summed E-state index contributed by atoms with van der Waals surface area (Å²) in [6.45, 7) is 23.0. The van der Waals surface area contributed by atoms with Gasteiger partial charge in [0.25, 0.3) is 0 Å². The highest BCUT2D eigenvalue weighted by Gasteiger charge is 2.30. The van der Waals surface area contributed by atoms with Gasteiger partial charge in [0, 0.05) is 9.49 Å². The molecule has 0 fully saturated rings. The van der Waals surface area contributed by atoms with Crippen LogP contribution in [0.25, 0.3) is 0 Å². The van der Waals surface area contributed by atoms with E-state index < -0.39 is 0 Å². The van der Waals surface area contributed by atoms with Gasteiger partial charge in [0.2, 0.25) is 5.16 Å². The van der Waals surface area contributed by atoms with Crippen molar-refractivity contribution in [3.63, 3.8) is 0 Å². The molecule has 1 aromatic rings. The molecule has 0 atom stereocenters. The minimum atomic E-state index is 0.155. The van der Waals surface area contributed by atoms with Crippen LogP contribution in [-0.2, 0) is 0 Å². The van der Waals surface area contributed by atoms with Crippen molar-refractivity contribution in [2.45, 2.75) is 101 Å². The quantitative estimate of drug-likeness (QED) is 0.494. The average molecular weight is 375 g/mol. The van der Waals surface area contributed by atoms with Gasteiger partial charge < -0.3 is 0 Å². The van der Waals surface area contributed by atoms with E-state index in [1.54, 1.807) is 11.5 Å². The first kappa shape index (κ1) is 21.3. The zero-order chi connectivity index (χ0) is 18.1. The van der Waals surface area contributed by atoms with Gasteiger partial charge in [-0.25, -0.2) is 4.98 Å². The topological polar surface area (TPSA) is 25.8 Å². The highest BCUT2D eigenvalue weighted by atomic mass is 32.2. The lowest BCUT2D eigenvalue weighted by Gasteiger charge is -2.31. The number of hydrogen-bond donors (Lipinski definition) is 0. The Bertz CT molecular complexity index is 461. The Morgan fingerprint density at radius 1 is 0.739 bits per heavy atom. The fraction of sp³-hybridized carbons (Fsp3) is 0.889. The molecule has 0 N–H and O–H groups in total. The van der Waals surface area contributed by atoms with E-state index in [1.807, 2.05) is 23.5 Å². The van der Waals surface area contributed by atoms with Crippen molar-refractivity contribution in [1.29, 1.82) is 0 Å². The van der Waals surface area contributed by atoms with Crippen molar-refractivity contribution in [2.75, 3.05) is 0 Å². The Kier molecular flexibility index (Phi) is 6.71. The molecular weight excluding hydrogens is 340 g/mol. The molecule has 1 heterocycles. The first-order chi connectivity index (χ1) is 10.1. The molecule has 0 aliphatic heterocycles. The van der Waals surface area contributed by atoms with Gasteiger partial charge in [0.15, 0.2) is 4.34 Å². The van der Waals surface area contributed by atoms with Crippen molar-refractivity contribution in [2.24, 2.45) is 10.8 Å². The molecule has 1 rings (SSSR count). The zero-order valence-corrected chi connectivity index (χ0v) is 19.0. The minimum Gasteiger partial charge on any atom is -0.203 e. The van der Waals surface area contributed by atoms with E-state index in [0.717, 1.165) is 22.3 Å². The van der Waals surface area contributed by atoms with Crippen LogP contribution in [-0.4, -0.2) is 18.9 Å². The first-order valence-electron chi connectivity index (χ1n) is 8.29. The maximum Gasteiger partial charge on any atom is 0.201 e. The fourth-order valence-corrected chi connectivity index (χ4v) is 7.27. The highest BCUT2D eigenvalue weighted by Crippen LogP contribution is 2.44. The van der Waals surface area contributed by atoms with Crippen molar-refractivity contribution in [1.82, 2.24) is 9.36 Å². The number of aromatic nitrogens is 2. The predicted octanol–water partition coefficient (Wildman–Crippen LogP) is 7.15. The molecule has 0 unspecified atom stereocenters. The van der Waals surface area contributed by atoms with Gasteiger partial charge in [-0.05, 0) is 35.2 Å². The normalized spacial score (nSPS) is 14.3. The molecule has 0 saturated carbocycles. The van der Waals surface area contributed by atoms with E-state index in [4.69, 9.17) is 4.98 Å². The Morgan fingerprint density at radius 2 is 1.17 bits per heavy atom. The van der Waals surface area contributed by atoms with E-state index in [-0.39, 0.29) is 9.49 Å². The largest absolute Gasteiger partial charge is 0.203 e. The third kappa shape index (κ3) is 9.35. The predicted molar refractivity (Wildman–Crippen MR) is 108 cm³/mol. The Balaban J connectivity index is 2.71. The van der Waals surface area contributed by atoms with E-state index in [9.17, 15) is 0 Å².